The molecule has 11 heavy (non-hydrogen) atoms. The standard InChI is InChI=1S/C6H4O.3CH3.Sn/c7-6-3-4-1-2-5(4)6;;;;/h1-3,7H;3*1H3;. The second kappa shape index (κ2) is 3.48. The van der Waals surface area contributed by atoms with Crippen molar-refractivity contribution in [1.29, 1.82) is 0 Å². The molecule has 0 aliphatic heterocycles. The third kappa shape index (κ3) is 2.12. The summed E-state index contributed by atoms with van der Waals surface area (Å²) in [6, 6.07) is 5.65. The molecule has 0 fully saturated rings. The molecule has 0 aromatic rings. The molecule has 0 atom stereocenters. The van der Waals surface area contributed by atoms with Crippen LogP contribution in [0, 0.1) is 0 Å². The Morgan fingerprint density at radius 1 is 1.18 bits per heavy atom. The van der Waals surface area contributed by atoms with Gasteiger partial charge in [-0.05, 0) is 11.6 Å². The zero-order chi connectivity index (χ0) is 8.43. The molecule has 0 saturated heterocycles. The zero-order valence-electron chi connectivity index (χ0n) is 7.18. The van der Waals surface area contributed by atoms with E-state index in [-0.39, 0.29) is 0 Å². The first-order chi connectivity index (χ1) is 5.11. The molecule has 0 aromatic heterocycles. The molecule has 2 heteroatoms. The van der Waals surface area contributed by atoms with Gasteiger partial charge in [-0.15, -0.1) is 0 Å². The van der Waals surface area contributed by atoms with Crippen LogP contribution in [0.2, 0.25) is 14.8 Å². The summed E-state index contributed by atoms with van der Waals surface area (Å²) in [7, 11) is 0. The van der Waals surface area contributed by atoms with Crippen LogP contribution in [0.4, 0.5) is 0 Å². The maximum atomic E-state index is 8.69. The van der Waals surface area contributed by atoms with Crippen LogP contribution in [-0.4, -0.2) is 24.9 Å². The molecule has 1 radical (unpaired) electrons. The molecule has 1 N–H and O–H groups in total. The summed E-state index contributed by atoms with van der Waals surface area (Å²) in [6.07, 6.45) is 0. The zero-order valence-corrected chi connectivity index (χ0v) is 10.0. The molecule has 0 amide bonds. The fraction of sp³-hybridized carbons (Fsp3) is 0.333. The molecular weight excluding hydrogens is 243 g/mol. The number of fused-ring (bicyclic) bond motifs is 1. The third-order valence-electron chi connectivity index (χ3n) is 1.31. The Bertz CT molecular complexity index is 253. The predicted octanol–water partition coefficient (Wildman–Crippen LogP) is 2.74. The van der Waals surface area contributed by atoms with Gasteiger partial charge in [0.2, 0.25) is 0 Å². The number of phenols is 1. The first-order valence-corrected chi connectivity index (χ1v) is 12.3. The molecule has 2 aliphatic rings. The van der Waals surface area contributed by atoms with Crippen LogP contribution in [-0.2, 0) is 0 Å². The molecule has 2 rings (SSSR count). The van der Waals surface area contributed by atoms with Crippen LogP contribution in [0.3, 0.4) is 0 Å². The van der Waals surface area contributed by atoms with Crippen molar-refractivity contribution in [2.24, 2.45) is 0 Å². The van der Waals surface area contributed by atoms with Crippen LogP contribution < -0.4 is 0 Å². The van der Waals surface area contributed by atoms with Crippen LogP contribution in [0.5, 0.6) is 5.75 Å². The van der Waals surface area contributed by atoms with Crippen molar-refractivity contribution in [1.82, 2.24) is 0 Å². The van der Waals surface area contributed by atoms with Gasteiger partial charge in [0.25, 0.3) is 0 Å². The number of benzene rings is 1. The van der Waals surface area contributed by atoms with Gasteiger partial charge in [-0.1, -0.05) is 12.1 Å². The van der Waals surface area contributed by atoms with Gasteiger partial charge in [0.1, 0.15) is 5.75 Å². The fourth-order valence-electron chi connectivity index (χ4n) is 0.769. The Balaban J connectivity index is 0.000000134. The number of hydrogen-bond donors (Lipinski definition) is 1. The molecule has 0 bridgehead atoms. The average molecular weight is 256 g/mol. The number of phenolic OH excluding ortho intramolecular Hbond substituents is 1. The first-order valence-electron chi connectivity index (χ1n) is 3.71. The van der Waals surface area contributed by atoms with Crippen LogP contribution >= 0.6 is 0 Å². The summed E-state index contributed by atoms with van der Waals surface area (Å²) in [5.41, 5.74) is 2.22. The van der Waals surface area contributed by atoms with E-state index < -0.39 is 19.8 Å². The van der Waals surface area contributed by atoms with Crippen LogP contribution in [0.25, 0.3) is 11.1 Å². The monoisotopic (exact) mass is 257 g/mol. The van der Waals surface area contributed by atoms with Gasteiger partial charge >= 0.3 is 34.6 Å². The van der Waals surface area contributed by atoms with E-state index >= 15 is 0 Å². The van der Waals surface area contributed by atoms with Gasteiger partial charge in [-0.2, -0.15) is 0 Å². The Morgan fingerprint density at radius 3 is 1.73 bits per heavy atom. The molecule has 2 aliphatic carbocycles. The Labute approximate surface area is 74.8 Å². The number of hydrogen-bond acceptors (Lipinski definition) is 1. The maximum absolute atomic E-state index is 8.69. The van der Waals surface area contributed by atoms with E-state index in [0.717, 1.165) is 5.56 Å². The van der Waals surface area contributed by atoms with Gasteiger partial charge in [0, 0.05) is 5.56 Å². The predicted molar refractivity (Wildman–Crippen MR) is 50.4 cm³/mol. The van der Waals surface area contributed by atoms with Gasteiger partial charge in [0.15, 0.2) is 0 Å². The summed E-state index contributed by atoms with van der Waals surface area (Å²) in [4.78, 5) is 7.09. The normalized spacial score (nSPS) is 10.5. The van der Waals surface area contributed by atoms with Crippen LogP contribution in [0.1, 0.15) is 0 Å². The molecule has 0 spiro atoms. The summed E-state index contributed by atoms with van der Waals surface area (Å²) in [5.74, 6) is 0.442. The molecule has 59 valence electrons. The van der Waals surface area contributed by atoms with E-state index in [9.17, 15) is 0 Å². The van der Waals surface area contributed by atoms with Crippen molar-refractivity contribution in [2.75, 3.05) is 0 Å². The quantitative estimate of drug-likeness (QED) is 0.718. The molecule has 0 heterocycles. The summed E-state index contributed by atoms with van der Waals surface area (Å²) in [6.45, 7) is 0. The van der Waals surface area contributed by atoms with Gasteiger partial charge in [-0.3, -0.25) is 0 Å². The first kappa shape index (κ1) is 8.91. The van der Waals surface area contributed by atoms with E-state index in [0.29, 0.717) is 5.75 Å². The van der Waals surface area contributed by atoms with E-state index in [1.54, 1.807) is 6.07 Å². The van der Waals surface area contributed by atoms with E-state index in [1.807, 2.05) is 12.1 Å². The minimum atomic E-state index is -0.543. The SMILES string of the molecule is Oc1cc2ccc1-2.[CH3][Sn]([CH3])[CH3]. The van der Waals surface area contributed by atoms with E-state index in [4.69, 9.17) is 5.11 Å². The van der Waals surface area contributed by atoms with Crippen molar-refractivity contribution >= 4 is 19.8 Å². The molecular formula is C9H13OSn. The van der Waals surface area contributed by atoms with Gasteiger partial charge in [0.05, 0.1) is 0 Å². The molecule has 1 nitrogen and oxygen atoms in total. The Morgan fingerprint density at radius 2 is 1.73 bits per heavy atom. The molecule has 0 unspecified atom stereocenters. The second-order valence-corrected chi connectivity index (χ2v) is 11.8. The summed E-state index contributed by atoms with van der Waals surface area (Å²) in [5, 5.41) is 8.69. The third-order valence-corrected chi connectivity index (χ3v) is 1.31. The van der Waals surface area contributed by atoms with Gasteiger partial charge in [-0.25, -0.2) is 0 Å². The van der Waals surface area contributed by atoms with Crippen LogP contribution in [0.15, 0.2) is 18.2 Å². The van der Waals surface area contributed by atoms with Crippen molar-refractivity contribution in [2.45, 2.75) is 14.8 Å². The van der Waals surface area contributed by atoms with Gasteiger partial charge < -0.3 is 5.11 Å². The van der Waals surface area contributed by atoms with Crippen molar-refractivity contribution in [3.05, 3.63) is 18.2 Å². The Hall–Kier alpha value is -0.181. The number of rotatable bonds is 0. The molecule has 0 saturated carbocycles. The van der Waals surface area contributed by atoms with E-state index in [2.05, 4.69) is 14.8 Å². The fourth-order valence-corrected chi connectivity index (χ4v) is 0.769. The second-order valence-electron chi connectivity index (χ2n) is 3.23. The van der Waals surface area contributed by atoms with E-state index in [1.165, 1.54) is 5.56 Å². The summed E-state index contributed by atoms with van der Waals surface area (Å²) >= 11 is -0.543. The Kier molecular flexibility index (Phi) is 2.82. The van der Waals surface area contributed by atoms with Crippen molar-refractivity contribution in [3.8, 4) is 16.9 Å². The van der Waals surface area contributed by atoms with Crippen molar-refractivity contribution < 1.29 is 5.11 Å². The minimum absolute atomic E-state index is 0.442. The molecule has 0 aromatic carbocycles. The number of aromatic hydroxyl groups is 1. The topological polar surface area (TPSA) is 20.2 Å². The summed E-state index contributed by atoms with van der Waals surface area (Å²) < 4.78 is 0. The average Bonchev–Trinajstić information content (AvgIpc) is 1.81. The van der Waals surface area contributed by atoms with Crippen molar-refractivity contribution in [3.63, 3.8) is 0 Å².